The Labute approximate surface area is 161 Å². The fraction of sp³-hybridized carbons (Fsp3) is 0.100. The lowest BCUT2D eigenvalue weighted by molar-refractivity contribution is -0.111. The van der Waals surface area contributed by atoms with Crippen LogP contribution in [0.2, 0.25) is 0 Å². The summed E-state index contributed by atoms with van der Waals surface area (Å²) < 4.78 is 4.90. The van der Waals surface area contributed by atoms with Crippen molar-refractivity contribution in [3.8, 4) is 0 Å². The Bertz CT molecular complexity index is 1010. The molecule has 0 saturated carbocycles. The molecule has 0 aliphatic carbocycles. The Morgan fingerprint density at radius 3 is 2.64 bits per heavy atom. The highest BCUT2D eigenvalue weighted by molar-refractivity contribution is 6.03. The van der Waals surface area contributed by atoms with Gasteiger partial charge in [-0.15, -0.1) is 0 Å². The average Bonchev–Trinajstić information content (AvgIpc) is 3.08. The first-order valence-corrected chi connectivity index (χ1v) is 8.51. The van der Waals surface area contributed by atoms with Crippen LogP contribution in [0, 0.1) is 13.8 Å². The van der Waals surface area contributed by atoms with Gasteiger partial charge in [-0.3, -0.25) is 15.1 Å². The lowest BCUT2D eigenvalue weighted by atomic mass is 10.1. The summed E-state index contributed by atoms with van der Waals surface area (Å²) in [4.78, 5) is 28.2. The van der Waals surface area contributed by atoms with Crippen LogP contribution in [0.25, 0.3) is 6.08 Å². The molecule has 0 bridgehead atoms. The minimum Gasteiger partial charge on any atom is -0.360 e. The molecular weight excluding hydrogens is 358 g/mol. The van der Waals surface area contributed by atoms with Gasteiger partial charge in [0.25, 0.3) is 0 Å². The van der Waals surface area contributed by atoms with E-state index in [9.17, 15) is 9.59 Å². The van der Waals surface area contributed by atoms with Crippen LogP contribution in [0.1, 0.15) is 16.9 Å². The molecule has 1 aromatic carbocycles. The van der Waals surface area contributed by atoms with Crippen molar-refractivity contribution < 1.29 is 14.1 Å². The van der Waals surface area contributed by atoms with Gasteiger partial charge >= 0.3 is 6.03 Å². The fourth-order valence-electron chi connectivity index (χ4n) is 2.36. The van der Waals surface area contributed by atoms with E-state index < -0.39 is 6.03 Å². The number of nitrogens with zero attached hydrogens (tertiary/aromatic N) is 2. The lowest BCUT2D eigenvalue weighted by Gasteiger charge is -2.10. The van der Waals surface area contributed by atoms with Crippen LogP contribution in [0.15, 0.2) is 59.4 Å². The predicted octanol–water partition coefficient (Wildman–Crippen LogP) is 3.98. The zero-order valence-electron chi connectivity index (χ0n) is 15.4. The summed E-state index contributed by atoms with van der Waals surface area (Å²) in [6.07, 6.45) is 6.43. The maximum Gasteiger partial charge on any atom is 0.324 e. The number of urea groups is 1. The number of carbonyl (C=O) groups is 2. The van der Waals surface area contributed by atoms with Crippen molar-refractivity contribution in [1.29, 1.82) is 0 Å². The molecule has 0 aliphatic rings. The Balaban J connectivity index is 1.63. The summed E-state index contributed by atoms with van der Waals surface area (Å²) >= 11 is 0. The third kappa shape index (κ3) is 5.28. The van der Waals surface area contributed by atoms with Gasteiger partial charge in [-0.25, -0.2) is 4.79 Å². The number of benzene rings is 1. The second-order valence-electron chi connectivity index (χ2n) is 6.04. The number of anilines is 3. The first kappa shape index (κ1) is 18.8. The van der Waals surface area contributed by atoms with Crippen molar-refractivity contribution in [2.45, 2.75) is 13.8 Å². The van der Waals surface area contributed by atoms with Gasteiger partial charge in [-0.2, -0.15) is 0 Å². The van der Waals surface area contributed by atoms with E-state index in [1.54, 1.807) is 55.7 Å². The van der Waals surface area contributed by atoms with Gasteiger partial charge in [0.1, 0.15) is 5.76 Å². The van der Waals surface area contributed by atoms with Gasteiger partial charge in [0, 0.05) is 35.9 Å². The average molecular weight is 377 g/mol. The molecular formula is C20H19N5O3. The molecule has 3 N–H and O–H groups in total. The Morgan fingerprint density at radius 1 is 1.07 bits per heavy atom. The van der Waals surface area contributed by atoms with E-state index in [-0.39, 0.29) is 5.91 Å². The second-order valence-corrected chi connectivity index (χ2v) is 6.04. The van der Waals surface area contributed by atoms with Crippen LogP contribution in [-0.4, -0.2) is 22.1 Å². The predicted molar refractivity (Wildman–Crippen MR) is 107 cm³/mol. The topological polar surface area (TPSA) is 109 Å². The molecule has 2 aromatic heterocycles. The van der Waals surface area contributed by atoms with E-state index in [0.29, 0.717) is 23.0 Å². The van der Waals surface area contributed by atoms with E-state index in [0.717, 1.165) is 11.1 Å². The molecule has 8 heteroatoms. The van der Waals surface area contributed by atoms with Gasteiger partial charge in [0.2, 0.25) is 5.91 Å². The molecule has 3 aromatic rings. The minimum atomic E-state index is -0.467. The largest absolute Gasteiger partial charge is 0.360 e. The highest BCUT2D eigenvalue weighted by Crippen LogP contribution is 2.21. The third-order valence-corrected chi connectivity index (χ3v) is 3.73. The SMILES string of the molecule is Cc1cc(NC(=O)Nc2ccc(C)c(NC(=O)C=Cc3cccnc3)c2)no1. The van der Waals surface area contributed by atoms with Crippen molar-refractivity contribution in [2.75, 3.05) is 16.0 Å². The molecule has 8 nitrogen and oxygen atoms in total. The quantitative estimate of drug-likeness (QED) is 0.583. The second kappa shape index (κ2) is 8.63. The van der Waals surface area contributed by atoms with E-state index in [4.69, 9.17) is 4.52 Å². The molecule has 3 rings (SSSR count). The molecule has 0 radical (unpaired) electrons. The van der Waals surface area contributed by atoms with Crippen molar-refractivity contribution in [3.05, 3.63) is 71.8 Å². The molecule has 0 aliphatic heterocycles. The van der Waals surface area contributed by atoms with Gasteiger partial charge in [-0.1, -0.05) is 17.3 Å². The number of pyridine rings is 1. The Kier molecular flexibility index (Phi) is 5.81. The van der Waals surface area contributed by atoms with E-state index in [1.807, 2.05) is 13.0 Å². The number of amides is 3. The van der Waals surface area contributed by atoms with E-state index in [2.05, 4.69) is 26.1 Å². The number of hydrogen-bond donors (Lipinski definition) is 3. The van der Waals surface area contributed by atoms with E-state index >= 15 is 0 Å². The number of aryl methyl sites for hydroxylation is 2. The lowest BCUT2D eigenvalue weighted by Crippen LogP contribution is -2.19. The summed E-state index contributed by atoms with van der Waals surface area (Å²) in [7, 11) is 0. The highest BCUT2D eigenvalue weighted by Gasteiger charge is 2.08. The maximum absolute atomic E-state index is 12.2. The molecule has 3 amide bonds. The van der Waals surface area contributed by atoms with Crippen LogP contribution >= 0.6 is 0 Å². The highest BCUT2D eigenvalue weighted by atomic mass is 16.5. The molecule has 0 fully saturated rings. The van der Waals surface area contributed by atoms with Crippen LogP contribution in [-0.2, 0) is 4.79 Å². The van der Waals surface area contributed by atoms with Gasteiger partial charge in [0.15, 0.2) is 5.82 Å². The van der Waals surface area contributed by atoms with Crippen LogP contribution in [0.3, 0.4) is 0 Å². The van der Waals surface area contributed by atoms with Crippen LogP contribution in [0.5, 0.6) is 0 Å². The van der Waals surface area contributed by atoms with Gasteiger partial charge < -0.3 is 15.2 Å². The number of rotatable bonds is 5. The first-order valence-electron chi connectivity index (χ1n) is 8.51. The Hall–Kier alpha value is -3.94. The minimum absolute atomic E-state index is 0.286. The molecule has 0 spiro atoms. The summed E-state index contributed by atoms with van der Waals surface area (Å²) in [5, 5.41) is 11.8. The standard InChI is InChI=1S/C20H19N5O3/c1-13-5-7-16(22-20(27)24-18-10-14(2)28-25-18)11-17(13)23-19(26)8-6-15-4-3-9-21-12-15/h3-12H,1-2H3,(H,23,26)(H2,22,24,25,27). The molecule has 142 valence electrons. The van der Waals surface area contributed by atoms with Crippen molar-refractivity contribution >= 4 is 35.2 Å². The molecule has 0 unspecified atom stereocenters. The summed E-state index contributed by atoms with van der Waals surface area (Å²) in [6, 6.07) is 10.0. The maximum atomic E-state index is 12.2. The monoisotopic (exact) mass is 377 g/mol. The number of nitrogens with one attached hydrogen (secondary N) is 3. The molecule has 0 saturated heterocycles. The third-order valence-electron chi connectivity index (χ3n) is 3.73. The van der Waals surface area contributed by atoms with Crippen molar-refractivity contribution in [3.63, 3.8) is 0 Å². The summed E-state index contributed by atoms with van der Waals surface area (Å²) in [5.41, 5.74) is 2.80. The first-order chi connectivity index (χ1) is 13.5. The number of aromatic nitrogens is 2. The summed E-state index contributed by atoms with van der Waals surface area (Å²) in [6.45, 7) is 3.59. The van der Waals surface area contributed by atoms with Gasteiger partial charge in [0.05, 0.1) is 0 Å². The van der Waals surface area contributed by atoms with Crippen LogP contribution < -0.4 is 16.0 Å². The Morgan fingerprint density at radius 2 is 1.93 bits per heavy atom. The molecule has 28 heavy (non-hydrogen) atoms. The zero-order chi connectivity index (χ0) is 19.9. The number of carbonyl (C=O) groups excluding carboxylic acids is 2. The smallest absolute Gasteiger partial charge is 0.324 e. The van der Waals surface area contributed by atoms with Crippen molar-refractivity contribution in [1.82, 2.24) is 10.1 Å². The zero-order valence-corrected chi connectivity index (χ0v) is 15.4. The van der Waals surface area contributed by atoms with Crippen molar-refractivity contribution in [2.24, 2.45) is 0 Å². The summed E-state index contributed by atoms with van der Waals surface area (Å²) in [5.74, 6) is 0.623. The van der Waals surface area contributed by atoms with Crippen LogP contribution in [0.4, 0.5) is 22.0 Å². The molecule has 0 atom stereocenters. The van der Waals surface area contributed by atoms with Gasteiger partial charge in [-0.05, 0) is 49.2 Å². The number of hydrogen-bond acceptors (Lipinski definition) is 5. The van der Waals surface area contributed by atoms with E-state index in [1.165, 1.54) is 6.08 Å². The fourth-order valence-corrected chi connectivity index (χ4v) is 2.36. The molecule has 2 heterocycles. The normalized spacial score (nSPS) is 10.6.